The van der Waals surface area contributed by atoms with Crippen LogP contribution in [0.15, 0.2) is 47.4 Å². The Bertz CT molecular complexity index is 691. The minimum absolute atomic E-state index is 0.0678. The minimum atomic E-state index is -1.39. The van der Waals surface area contributed by atoms with E-state index in [0.29, 0.717) is 16.1 Å². The van der Waals surface area contributed by atoms with Crippen LogP contribution >= 0.6 is 0 Å². The van der Waals surface area contributed by atoms with Crippen LogP contribution in [0, 0.1) is 15.9 Å². The fourth-order valence-corrected chi connectivity index (χ4v) is 2.83. The molecule has 20 heavy (non-hydrogen) atoms. The fourth-order valence-electron chi connectivity index (χ4n) is 1.68. The average Bonchev–Trinajstić information content (AvgIpc) is 2.38. The second kappa shape index (κ2) is 5.79. The quantitative estimate of drug-likeness (QED) is 0.533. The van der Waals surface area contributed by atoms with Crippen LogP contribution in [0.4, 0.5) is 15.8 Å². The first kappa shape index (κ1) is 14.1. The van der Waals surface area contributed by atoms with Crippen LogP contribution in [0.5, 0.6) is 0 Å². The van der Waals surface area contributed by atoms with Gasteiger partial charge in [0.2, 0.25) is 5.82 Å². The Morgan fingerprint density at radius 1 is 1.25 bits per heavy atom. The van der Waals surface area contributed by atoms with Crippen molar-refractivity contribution in [1.82, 2.24) is 0 Å². The molecule has 0 aliphatic rings. The smallest absolute Gasteiger partial charge is 0.304 e. The van der Waals surface area contributed by atoms with Crippen molar-refractivity contribution in [2.45, 2.75) is 10.6 Å². The lowest BCUT2D eigenvalue weighted by Gasteiger charge is -2.04. The zero-order valence-corrected chi connectivity index (χ0v) is 11.1. The maximum atomic E-state index is 13.5. The molecule has 0 amide bonds. The Morgan fingerprint density at radius 3 is 2.60 bits per heavy atom. The molecule has 7 heteroatoms. The number of rotatable bonds is 4. The van der Waals surface area contributed by atoms with Crippen LogP contribution < -0.4 is 5.73 Å². The van der Waals surface area contributed by atoms with E-state index in [1.54, 1.807) is 24.3 Å². The van der Waals surface area contributed by atoms with Crippen molar-refractivity contribution in [3.63, 3.8) is 0 Å². The van der Waals surface area contributed by atoms with Gasteiger partial charge in [0, 0.05) is 16.6 Å². The number of benzene rings is 2. The molecule has 0 aliphatic carbocycles. The van der Waals surface area contributed by atoms with Crippen LogP contribution in [0.2, 0.25) is 0 Å². The molecule has 5 nitrogen and oxygen atoms in total. The summed E-state index contributed by atoms with van der Waals surface area (Å²) >= 11 is 0. The third kappa shape index (κ3) is 3.18. The fraction of sp³-hybridized carbons (Fsp3) is 0.0769. The van der Waals surface area contributed by atoms with Crippen LogP contribution in [-0.4, -0.2) is 9.13 Å². The molecule has 104 valence electrons. The number of nitrogens with two attached hydrogens (primary N) is 1. The van der Waals surface area contributed by atoms with E-state index in [-0.39, 0.29) is 5.75 Å². The zero-order chi connectivity index (χ0) is 14.7. The summed E-state index contributed by atoms with van der Waals surface area (Å²) in [5.41, 5.74) is 5.92. The highest BCUT2D eigenvalue weighted by Gasteiger charge is 2.15. The molecule has 0 heterocycles. The molecule has 1 unspecified atom stereocenters. The van der Waals surface area contributed by atoms with Crippen molar-refractivity contribution in [2.75, 3.05) is 5.73 Å². The molecule has 0 aliphatic heterocycles. The van der Waals surface area contributed by atoms with Gasteiger partial charge in [0.05, 0.1) is 21.5 Å². The summed E-state index contributed by atoms with van der Waals surface area (Å²) in [5.74, 6) is -0.865. The lowest BCUT2D eigenvalue weighted by atomic mass is 10.2. The molecule has 0 bridgehead atoms. The van der Waals surface area contributed by atoms with Gasteiger partial charge in [-0.1, -0.05) is 12.1 Å². The van der Waals surface area contributed by atoms with Gasteiger partial charge in [-0.15, -0.1) is 0 Å². The summed E-state index contributed by atoms with van der Waals surface area (Å²) < 4.78 is 25.6. The summed E-state index contributed by atoms with van der Waals surface area (Å²) in [7, 11) is -1.39. The topological polar surface area (TPSA) is 86.2 Å². The number of halogens is 1. The van der Waals surface area contributed by atoms with Crippen molar-refractivity contribution < 1.29 is 13.5 Å². The third-order valence-electron chi connectivity index (χ3n) is 2.63. The van der Waals surface area contributed by atoms with Crippen molar-refractivity contribution in [2.24, 2.45) is 0 Å². The molecule has 2 aromatic carbocycles. The standard InChI is InChI=1S/C13H11FN2O3S/c14-12-6-9(4-5-13(12)16(17)18)8-20(19)11-3-1-2-10(15)7-11/h1-7H,8,15H2. The molecule has 0 spiro atoms. The predicted molar refractivity (Wildman–Crippen MR) is 74.0 cm³/mol. The van der Waals surface area contributed by atoms with E-state index in [4.69, 9.17) is 5.73 Å². The Balaban J connectivity index is 2.20. The van der Waals surface area contributed by atoms with Crippen LogP contribution in [0.25, 0.3) is 0 Å². The molecular formula is C13H11FN2O3S. The van der Waals surface area contributed by atoms with Crippen molar-refractivity contribution in [3.05, 3.63) is 64.0 Å². The average molecular weight is 294 g/mol. The second-order valence-electron chi connectivity index (χ2n) is 4.11. The summed E-state index contributed by atoms with van der Waals surface area (Å²) in [6.45, 7) is 0. The van der Waals surface area contributed by atoms with Crippen molar-refractivity contribution in [1.29, 1.82) is 0 Å². The van der Waals surface area contributed by atoms with Gasteiger partial charge in [-0.05, 0) is 29.8 Å². The number of nitro groups is 1. The third-order valence-corrected chi connectivity index (χ3v) is 4.00. The van der Waals surface area contributed by atoms with Gasteiger partial charge in [-0.3, -0.25) is 14.3 Å². The Labute approximate surface area is 116 Å². The molecule has 0 radical (unpaired) electrons. The number of nitrogens with zero attached hydrogens (tertiary/aromatic N) is 1. The molecule has 1 atom stereocenters. The summed E-state index contributed by atoms with van der Waals surface area (Å²) in [5, 5.41) is 10.5. The Hall–Kier alpha value is -2.28. The van der Waals surface area contributed by atoms with E-state index in [1.807, 2.05) is 0 Å². The van der Waals surface area contributed by atoms with Crippen molar-refractivity contribution in [3.8, 4) is 0 Å². The van der Waals surface area contributed by atoms with E-state index < -0.39 is 27.2 Å². The lowest BCUT2D eigenvalue weighted by Crippen LogP contribution is -1.99. The first-order valence-corrected chi connectivity index (χ1v) is 6.96. The second-order valence-corrected chi connectivity index (χ2v) is 5.56. The first-order chi connectivity index (χ1) is 9.47. The van der Waals surface area contributed by atoms with Gasteiger partial charge < -0.3 is 5.73 Å². The monoisotopic (exact) mass is 294 g/mol. The Kier molecular flexibility index (Phi) is 4.09. The maximum Gasteiger partial charge on any atom is 0.304 e. The largest absolute Gasteiger partial charge is 0.399 e. The molecule has 0 saturated heterocycles. The number of nitro benzene ring substituents is 1. The van der Waals surface area contributed by atoms with E-state index in [0.717, 1.165) is 12.1 Å². The van der Waals surface area contributed by atoms with Gasteiger partial charge in [0.1, 0.15) is 0 Å². The molecule has 2 N–H and O–H groups in total. The number of anilines is 1. The highest BCUT2D eigenvalue weighted by Crippen LogP contribution is 2.20. The summed E-state index contributed by atoms with van der Waals surface area (Å²) in [6.07, 6.45) is 0. The number of hydrogen-bond acceptors (Lipinski definition) is 4. The van der Waals surface area contributed by atoms with E-state index in [1.165, 1.54) is 6.07 Å². The summed E-state index contributed by atoms with van der Waals surface area (Å²) in [4.78, 5) is 10.2. The maximum absolute atomic E-state index is 13.5. The molecule has 2 rings (SSSR count). The van der Waals surface area contributed by atoms with Gasteiger partial charge in [-0.25, -0.2) is 0 Å². The van der Waals surface area contributed by atoms with E-state index >= 15 is 0 Å². The van der Waals surface area contributed by atoms with Gasteiger partial charge >= 0.3 is 5.69 Å². The highest BCUT2D eigenvalue weighted by molar-refractivity contribution is 7.84. The number of nitrogen functional groups attached to an aromatic ring is 1. The SMILES string of the molecule is Nc1cccc(S(=O)Cc2ccc([N+](=O)[O-])c(F)c2)c1. The predicted octanol–water partition coefficient (Wildman–Crippen LogP) is 2.62. The summed E-state index contributed by atoms with van der Waals surface area (Å²) in [6, 6.07) is 10.1. The molecule has 0 saturated carbocycles. The van der Waals surface area contributed by atoms with Gasteiger partial charge in [0.15, 0.2) is 0 Å². The van der Waals surface area contributed by atoms with Crippen LogP contribution in [0.1, 0.15) is 5.56 Å². The van der Waals surface area contributed by atoms with Crippen molar-refractivity contribution >= 4 is 22.2 Å². The molecule has 2 aromatic rings. The van der Waals surface area contributed by atoms with E-state index in [9.17, 15) is 18.7 Å². The first-order valence-electron chi connectivity index (χ1n) is 5.64. The van der Waals surface area contributed by atoms with Gasteiger partial charge in [-0.2, -0.15) is 4.39 Å². The normalized spacial score (nSPS) is 12.1. The molecule has 0 aromatic heterocycles. The van der Waals surface area contributed by atoms with Crippen LogP contribution in [-0.2, 0) is 16.6 Å². The molecular weight excluding hydrogens is 283 g/mol. The Morgan fingerprint density at radius 2 is 2.00 bits per heavy atom. The van der Waals surface area contributed by atoms with Crippen LogP contribution in [0.3, 0.4) is 0 Å². The van der Waals surface area contributed by atoms with Gasteiger partial charge in [0.25, 0.3) is 0 Å². The highest BCUT2D eigenvalue weighted by atomic mass is 32.2. The zero-order valence-electron chi connectivity index (χ0n) is 10.3. The lowest BCUT2D eigenvalue weighted by molar-refractivity contribution is -0.387. The molecule has 0 fully saturated rings. The number of hydrogen-bond donors (Lipinski definition) is 1. The van der Waals surface area contributed by atoms with E-state index in [2.05, 4.69) is 0 Å². The minimum Gasteiger partial charge on any atom is -0.399 e.